The molecule has 0 unspecified atom stereocenters. The molecule has 0 aliphatic heterocycles. The number of aryl methyl sites for hydroxylation is 1. The van der Waals surface area contributed by atoms with Crippen molar-refractivity contribution < 1.29 is 14.3 Å². The number of nitrogens with one attached hydrogen (secondary N) is 1. The van der Waals surface area contributed by atoms with Crippen LogP contribution < -0.4 is 15.8 Å². The van der Waals surface area contributed by atoms with Crippen molar-refractivity contribution >= 4 is 23.2 Å². The lowest BCUT2D eigenvalue weighted by molar-refractivity contribution is 0.0881. The maximum atomic E-state index is 12.9. The Morgan fingerprint density at radius 1 is 1.21 bits per heavy atom. The van der Waals surface area contributed by atoms with Gasteiger partial charge in [-0.25, -0.2) is 9.97 Å². The van der Waals surface area contributed by atoms with Crippen molar-refractivity contribution in [2.75, 3.05) is 0 Å². The first-order chi connectivity index (χ1) is 15.9. The summed E-state index contributed by atoms with van der Waals surface area (Å²) in [6.07, 6.45) is 6.10. The second-order valence-electron chi connectivity index (χ2n) is 7.94. The van der Waals surface area contributed by atoms with Gasteiger partial charge in [0.2, 0.25) is 5.88 Å². The van der Waals surface area contributed by atoms with Crippen molar-refractivity contribution in [3.05, 3.63) is 64.4 Å². The van der Waals surface area contributed by atoms with Crippen LogP contribution in [0.2, 0.25) is 0 Å². The second kappa shape index (κ2) is 9.79. The van der Waals surface area contributed by atoms with Crippen molar-refractivity contribution in [2.24, 2.45) is 5.73 Å². The molecule has 2 amide bonds. The maximum absolute atomic E-state index is 12.9. The number of nitriles is 1. The number of hydrogen-bond acceptors (Lipinski definition) is 7. The molecule has 0 radical (unpaired) electrons. The number of hydrogen-bond donors (Lipinski definition) is 2. The lowest BCUT2D eigenvalue weighted by Gasteiger charge is -2.29. The normalized spacial score (nSPS) is 17.7. The van der Waals surface area contributed by atoms with E-state index in [-0.39, 0.29) is 29.5 Å². The Bertz CT molecular complexity index is 1220. The lowest BCUT2D eigenvalue weighted by atomic mass is 9.92. The Labute approximate surface area is 195 Å². The van der Waals surface area contributed by atoms with E-state index >= 15 is 0 Å². The third-order valence-electron chi connectivity index (χ3n) is 5.55. The van der Waals surface area contributed by atoms with Gasteiger partial charge in [0.05, 0.1) is 21.5 Å². The number of aromatic nitrogens is 2. The van der Waals surface area contributed by atoms with Crippen LogP contribution in [0.4, 0.5) is 0 Å². The first-order valence-electron chi connectivity index (χ1n) is 10.6. The average Bonchev–Trinajstić information content (AvgIpc) is 3.26. The standard InChI is InChI=1S/C24H23N5O3S/c1-14-28-13-21(33-14)16-9-15(12-25)10-17(11-16)23(31)29-18-4-6-19(7-5-18)32-24-20(22(26)30)3-2-8-27-24/h2-3,8-11,13,18-19H,4-7H2,1H3,(H2,26,30)(H,29,31)/t18-,19-. The molecule has 0 bridgehead atoms. The van der Waals surface area contributed by atoms with Gasteiger partial charge >= 0.3 is 0 Å². The summed E-state index contributed by atoms with van der Waals surface area (Å²) < 4.78 is 5.92. The number of primary amides is 1. The van der Waals surface area contributed by atoms with Gasteiger partial charge in [-0.2, -0.15) is 5.26 Å². The van der Waals surface area contributed by atoms with E-state index in [9.17, 15) is 14.9 Å². The number of benzene rings is 1. The summed E-state index contributed by atoms with van der Waals surface area (Å²) in [6, 6.07) is 10.5. The molecule has 9 heteroatoms. The highest BCUT2D eigenvalue weighted by Crippen LogP contribution is 2.28. The molecule has 1 aliphatic rings. The Morgan fingerprint density at radius 3 is 2.67 bits per heavy atom. The van der Waals surface area contributed by atoms with E-state index in [1.54, 1.807) is 42.7 Å². The molecule has 1 aliphatic carbocycles. The number of ether oxygens (including phenoxy) is 1. The summed E-state index contributed by atoms with van der Waals surface area (Å²) in [4.78, 5) is 33.8. The molecule has 2 heterocycles. The van der Waals surface area contributed by atoms with E-state index in [0.717, 1.165) is 28.3 Å². The number of rotatable bonds is 6. The van der Waals surface area contributed by atoms with Gasteiger partial charge in [0, 0.05) is 24.0 Å². The average molecular weight is 462 g/mol. The Morgan fingerprint density at radius 2 is 2.00 bits per heavy atom. The highest BCUT2D eigenvalue weighted by molar-refractivity contribution is 7.15. The first-order valence-corrected chi connectivity index (χ1v) is 11.4. The van der Waals surface area contributed by atoms with Crippen LogP contribution in [0.1, 0.15) is 57.0 Å². The van der Waals surface area contributed by atoms with Crippen LogP contribution in [0.5, 0.6) is 5.88 Å². The molecular formula is C24H23N5O3S. The van der Waals surface area contributed by atoms with Crippen LogP contribution in [0.25, 0.3) is 10.4 Å². The SMILES string of the molecule is Cc1ncc(-c2cc(C#N)cc(C(=O)N[C@H]3CC[C@H](Oc4ncccc4C(N)=O)CC3)c2)s1. The molecule has 33 heavy (non-hydrogen) atoms. The zero-order chi connectivity index (χ0) is 23.4. The van der Waals surface area contributed by atoms with Crippen molar-refractivity contribution in [3.63, 3.8) is 0 Å². The summed E-state index contributed by atoms with van der Waals surface area (Å²) >= 11 is 1.52. The molecule has 3 aromatic rings. The highest BCUT2D eigenvalue weighted by Gasteiger charge is 2.25. The van der Waals surface area contributed by atoms with E-state index in [2.05, 4.69) is 21.4 Å². The van der Waals surface area contributed by atoms with E-state index in [1.807, 2.05) is 6.92 Å². The summed E-state index contributed by atoms with van der Waals surface area (Å²) in [5.41, 5.74) is 7.35. The zero-order valence-corrected chi connectivity index (χ0v) is 18.9. The largest absolute Gasteiger partial charge is 0.474 e. The number of carbonyl (C=O) groups excluding carboxylic acids is 2. The number of amides is 2. The van der Waals surface area contributed by atoms with Crippen molar-refractivity contribution in [1.29, 1.82) is 5.26 Å². The summed E-state index contributed by atoms with van der Waals surface area (Å²) in [5, 5.41) is 13.4. The highest BCUT2D eigenvalue weighted by atomic mass is 32.1. The number of nitrogens with two attached hydrogens (primary N) is 1. The predicted molar refractivity (Wildman–Crippen MR) is 124 cm³/mol. The smallest absolute Gasteiger partial charge is 0.254 e. The maximum Gasteiger partial charge on any atom is 0.254 e. The summed E-state index contributed by atoms with van der Waals surface area (Å²) in [6.45, 7) is 1.92. The molecule has 4 rings (SSSR count). The molecule has 0 saturated heterocycles. The van der Waals surface area contributed by atoms with Crippen LogP contribution in [-0.4, -0.2) is 33.9 Å². The molecule has 0 atom stereocenters. The van der Waals surface area contributed by atoms with Gasteiger partial charge in [-0.3, -0.25) is 9.59 Å². The number of carbonyl (C=O) groups is 2. The molecule has 2 aromatic heterocycles. The molecule has 168 valence electrons. The predicted octanol–water partition coefficient (Wildman–Crippen LogP) is 3.60. The summed E-state index contributed by atoms with van der Waals surface area (Å²) in [7, 11) is 0. The van der Waals surface area contributed by atoms with Crippen LogP contribution in [0.15, 0.2) is 42.7 Å². The fourth-order valence-corrected chi connectivity index (χ4v) is 4.65. The van der Waals surface area contributed by atoms with Crippen LogP contribution in [0, 0.1) is 18.3 Å². The van der Waals surface area contributed by atoms with Gasteiger partial charge < -0.3 is 15.8 Å². The van der Waals surface area contributed by atoms with Gasteiger partial charge in [0.15, 0.2) is 0 Å². The van der Waals surface area contributed by atoms with Gasteiger partial charge in [-0.1, -0.05) is 0 Å². The topological polar surface area (TPSA) is 131 Å². The van der Waals surface area contributed by atoms with E-state index < -0.39 is 5.91 Å². The summed E-state index contributed by atoms with van der Waals surface area (Å²) in [5.74, 6) is -0.539. The molecular weight excluding hydrogens is 438 g/mol. The fourth-order valence-electron chi connectivity index (χ4n) is 3.88. The molecule has 1 aromatic carbocycles. The van der Waals surface area contributed by atoms with Gasteiger partial charge in [-0.05, 0) is 68.5 Å². The third kappa shape index (κ3) is 5.35. The van der Waals surface area contributed by atoms with Crippen molar-refractivity contribution in [1.82, 2.24) is 15.3 Å². The molecule has 8 nitrogen and oxygen atoms in total. The fraction of sp³-hybridized carbons (Fsp3) is 0.292. The lowest BCUT2D eigenvalue weighted by Crippen LogP contribution is -2.39. The Hall–Kier alpha value is -3.77. The molecule has 1 saturated carbocycles. The minimum absolute atomic E-state index is 0.00321. The molecule has 0 spiro atoms. The number of nitrogens with zero attached hydrogens (tertiary/aromatic N) is 3. The van der Waals surface area contributed by atoms with Crippen LogP contribution in [-0.2, 0) is 0 Å². The number of pyridine rings is 1. The van der Waals surface area contributed by atoms with Crippen molar-refractivity contribution in [3.8, 4) is 22.4 Å². The minimum atomic E-state index is -0.577. The van der Waals surface area contributed by atoms with Crippen molar-refractivity contribution in [2.45, 2.75) is 44.8 Å². The zero-order valence-electron chi connectivity index (χ0n) is 18.1. The van der Waals surface area contributed by atoms with Gasteiger partial charge in [0.25, 0.3) is 11.8 Å². The van der Waals surface area contributed by atoms with Crippen LogP contribution >= 0.6 is 11.3 Å². The third-order valence-corrected chi connectivity index (χ3v) is 6.52. The quantitative estimate of drug-likeness (QED) is 0.577. The van der Waals surface area contributed by atoms with E-state index in [0.29, 0.717) is 24.0 Å². The first kappa shape index (κ1) is 22.4. The van der Waals surface area contributed by atoms with E-state index in [4.69, 9.17) is 10.5 Å². The van der Waals surface area contributed by atoms with E-state index in [1.165, 1.54) is 11.3 Å². The van der Waals surface area contributed by atoms with Gasteiger partial charge in [0.1, 0.15) is 11.7 Å². The monoisotopic (exact) mass is 461 g/mol. The second-order valence-corrected chi connectivity index (χ2v) is 9.17. The minimum Gasteiger partial charge on any atom is -0.474 e. The Balaban J connectivity index is 1.39. The van der Waals surface area contributed by atoms with Gasteiger partial charge in [-0.15, -0.1) is 11.3 Å². The molecule has 1 fully saturated rings. The molecule has 3 N–H and O–H groups in total. The number of thiazole rings is 1. The Kier molecular flexibility index (Phi) is 6.66. The van der Waals surface area contributed by atoms with Crippen LogP contribution in [0.3, 0.4) is 0 Å².